The first-order chi connectivity index (χ1) is 33.0. The average molecular weight is 927 g/mol. The lowest BCUT2D eigenvalue weighted by atomic mass is 10.1. The highest BCUT2D eigenvalue weighted by molar-refractivity contribution is 5.71. The summed E-state index contributed by atoms with van der Waals surface area (Å²) in [7, 11) is 0. The summed E-state index contributed by atoms with van der Waals surface area (Å²) in [4.78, 5) is 38.1. The Morgan fingerprint density at radius 2 is 0.642 bits per heavy atom. The summed E-state index contributed by atoms with van der Waals surface area (Å²) in [6.07, 6.45) is 74.6. The van der Waals surface area contributed by atoms with Crippen LogP contribution >= 0.6 is 0 Å². The maximum atomic E-state index is 12.8. The van der Waals surface area contributed by atoms with Gasteiger partial charge < -0.3 is 14.2 Å². The summed E-state index contributed by atoms with van der Waals surface area (Å²) < 4.78 is 16.8. The summed E-state index contributed by atoms with van der Waals surface area (Å²) in [5, 5.41) is 0. The number of carbonyl (C=O) groups excluding carboxylic acids is 3. The van der Waals surface area contributed by atoms with E-state index in [2.05, 4.69) is 142 Å². The van der Waals surface area contributed by atoms with Crippen molar-refractivity contribution in [2.24, 2.45) is 0 Å². The predicted octanol–water partition coefficient (Wildman–Crippen LogP) is 18.1. The zero-order valence-electron chi connectivity index (χ0n) is 43.1. The van der Waals surface area contributed by atoms with Gasteiger partial charge in [-0.1, -0.05) is 219 Å². The van der Waals surface area contributed by atoms with Gasteiger partial charge in [0, 0.05) is 19.3 Å². The number of hydrogen-bond acceptors (Lipinski definition) is 6. The molecule has 0 aliphatic heterocycles. The van der Waals surface area contributed by atoms with Gasteiger partial charge in [-0.15, -0.1) is 0 Å². The minimum atomic E-state index is -0.806. The Balaban J connectivity index is 4.48. The normalized spacial score (nSPS) is 13.1. The molecule has 0 saturated heterocycles. The standard InChI is InChI=1S/C61H98O6/c1-4-7-10-13-16-19-22-25-27-29-31-33-34-36-39-42-45-48-51-54-60(63)66-57-58(56-65-59(62)53-50-47-44-41-38-24-21-18-15-12-9-6-3)67-61(64)55-52-49-46-43-40-37-35-32-30-28-26-23-20-17-14-11-8-5-2/h7,9-10,12,16-21,23,25-28,30-33,35,58H,4-6,8,11,13-15,22,24,29,34,36-57H2,1-3H3/b10-7-,12-9-,19-16-,20-17-,21-18-,26-23-,27-25-,30-28-,33-31-,35-32-. The Kier molecular flexibility index (Phi) is 51.0. The van der Waals surface area contributed by atoms with Crippen LogP contribution < -0.4 is 0 Å². The maximum absolute atomic E-state index is 12.8. The zero-order valence-corrected chi connectivity index (χ0v) is 43.1. The molecule has 0 radical (unpaired) electrons. The molecule has 0 amide bonds. The van der Waals surface area contributed by atoms with Gasteiger partial charge in [-0.2, -0.15) is 0 Å². The second-order valence-electron chi connectivity index (χ2n) is 17.5. The molecular weight excluding hydrogens is 829 g/mol. The van der Waals surface area contributed by atoms with Crippen molar-refractivity contribution >= 4 is 17.9 Å². The Morgan fingerprint density at radius 1 is 0.328 bits per heavy atom. The lowest BCUT2D eigenvalue weighted by Gasteiger charge is -2.18. The molecule has 1 atom stereocenters. The van der Waals surface area contributed by atoms with Crippen molar-refractivity contribution in [3.05, 3.63) is 122 Å². The molecule has 6 nitrogen and oxygen atoms in total. The van der Waals surface area contributed by atoms with E-state index < -0.39 is 6.10 Å². The fourth-order valence-electron chi connectivity index (χ4n) is 7.01. The molecule has 0 heterocycles. The van der Waals surface area contributed by atoms with Crippen LogP contribution in [0.4, 0.5) is 0 Å². The third-order valence-corrected chi connectivity index (χ3v) is 11.0. The summed E-state index contributed by atoms with van der Waals surface area (Å²) in [5.74, 6) is -0.959. The molecule has 0 rings (SSSR count). The van der Waals surface area contributed by atoms with Crippen molar-refractivity contribution in [2.45, 2.75) is 232 Å². The molecular formula is C61H98O6. The molecule has 1 unspecified atom stereocenters. The van der Waals surface area contributed by atoms with Crippen LogP contribution in [0.5, 0.6) is 0 Å². The molecule has 0 aliphatic carbocycles. The molecule has 0 fully saturated rings. The first-order valence-electron chi connectivity index (χ1n) is 27.1. The van der Waals surface area contributed by atoms with Gasteiger partial charge in [0.2, 0.25) is 0 Å². The smallest absolute Gasteiger partial charge is 0.306 e. The fraction of sp³-hybridized carbons (Fsp3) is 0.623. The molecule has 0 aromatic carbocycles. The van der Waals surface area contributed by atoms with Crippen molar-refractivity contribution in [3.8, 4) is 0 Å². The minimum Gasteiger partial charge on any atom is -0.462 e. The highest BCUT2D eigenvalue weighted by Gasteiger charge is 2.19. The number of unbranched alkanes of at least 4 members (excludes halogenated alkanes) is 19. The van der Waals surface area contributed by atoms with Gasteiger partial charge in [0.1, 0.15) is 13.2 Å². The van der Waals surface area contributed by atoms with Crippen molar-refractivity contribution < 1.29 is 28.6 Å². The van der Waals surface area contributed by atoms with Crippen molar-refractivity contribution in [2.75, 3.05) is 13.2 Å². The number of rotatable bonds is 47. The van der Waals surface area contributed by atoms with E-state index >= 15 is 0 Å². The first-order valence-corrected chi connectivity index (χ1v) is 27.1. The molecule has 6 heteroatoms. The number of allylic oxidation sites excluding steroid dienone is 20. The third-order valence-electron chi connectivity index (χ3n) is 11.0. The third kappa shape index (κ3) is 52.6. The average Bonchev–Trinajstić information content (AvgIpc) is 3.33. The van der Waals surface area contributed by atoms with E-state index in [1.807, 2.05) is 0 Å². The topological polar surface area (TPSA) is 78.9 Å². The lowest BCUT2D eigenvalue weighted by Crippen LogP contribution is -2.30. The van der Waals surface area contributed by atoms with Gasteiger partial charge in [0.05, 0.1) is 0 Å². The zero-order chi connectivity index (χ0) is 48.6. The Bertz CT molecular complexity index is 1440. The van der Waals surface area contributed by atoms with E-state index in [-0.39, 0.29) is 31.1 Å². The van der Waals surface area contributed by atoms with Crippen LogP contribution in [-0.4, -0.2) is 37.2 Å². The first kappa shape index (κ1) is 62.8. The van der Waals surface area contributed by atoms with E-state index in [0.717, 1.165) is 154 Å². The summed E-state index contributed by atoms with van der Waals surface area (Å²) in [6, 6.07) is 0. The second-order valence-corrected chi connectivity index (χ2v) is 17.5. The van der Waals surface area contributed by atoms with Gasteiger partial charge in [-0.3, -0.25) is 14.4 Å². The SMILES string of the molecule is CC/C=C\C/C=C\C/C=C\C/C=C\CCCCCCCCC(=O)OCC(COC(=O)CCCCCCC/C=C\C/C=C\CC)OC(=O)CCCCCCC\C=C/C=C\C=C/C=C\CCCCC. The van der Waals surface area contributed by atoms with Crippen molar-refractivity contribution in [1.29, 1.82) is 0 Å². The van der Waals surface area contributed by atoms with E-state index in [9.17, 15) is 14.4 Å². The highest BCUT2D eigenvalue weighted by atomic mass is 16.6. The molecule has 0 saturated carbocycles. The van der Waals surface area contributed by atoms with Gasteiger partial charge in [0.25, 0.3) is 0 Å². The van der Waals surface area contributed by atoms with Crippen LogP contribution in [0.1, 0.15) is 226 Å². The molecule has 378 valence electrons. The molecule has 0 bridgehead atoms. The van der Waals surface area contributed by atoms with Crippen LogP contribution in [0, 0.1) is 0 Å². The van der Waals surface area contributed by atoms with E-state index in [4.69, 9.17) is 14.2 Å². The summed E-state index contributed by atoms with van der Waals surface area (Å²) in [6.45, 7) is 6.32. The van der Waals surface area contributed by atoms with E-state index in [1.165, 1.54) is 32.1 Å². The Morgan fingerprint density at radius 3 is 1.04 bits per heavy atom. The maximum Gasteiger partial charge on any atom is 0.306 e. The van der Waals surface area contributed by atoms with Gasteiger partial charge in [-0.25, -0.2) is 0 Å². The fourth-order valence-corrected chi connectivity index (χ4v) is 7.01. The number of carbonyl (C=O) groups is 3. The van der Waals surface area contributed by atoms with E-state index in [1.54, 1.807) is 0 Å². The van der Waals surface area contributed by atoms with Crippen LogP contribution in [0.25, 0.3) is 0 Å². The van der Waals surface area contributed by atoms with Crippen LogP contribution in [0.15, 0.2) is 122 Å². The molecule has 0 spiro atoms. The molecule has 0 N–H and O–H groups in total. The van der Waals surface area contributed by atoms with Crippen LogP contribution in [0.2, 0.25) is 0 Å². The minimum absolute atomic E-state index is 0.103. The largest absolute Gasteiger partial charge is 0.462 e. The molecule has 67 heavy (non-hydrogen) atoms. The number of esters is 3. The van der Waals surface area contributed by atoms with Gasteiger partial charge >= 0.3 is 17.9 Å². The number of hydrogen-bond donors (Lipinski definition) is 0. The molecule has 0 aromatic rings. The Labute approximate surface area is 412 Å². The number of ether oxygens (including phenoxy) is 3. The predicted molar refractivity (Wildman–Crippen MR) is 288 cm³/mol. The van der Waals surface area contributed by atoms with Crippen molar-refractivity contribution in [3.63, 3.8) is 0 Å². The van der Waals surface area contributed by atoms with Crippen LogP contribution in [0.3, 0.4) is 0 Å². The lowest BCUT2D eigenvalue weighted by molar-refractivity contribution is -0.167. The molecule has 0 aliphatic rings. The Hall–Kier alpha value is -4.19. The molecule has 0 aromatic heterocycles. The van der Waals surface area contributed by atoms with Gasteiger partial charge in [0.15, 0.2) is 6.10 Å². The summed E-state index contributed by atoms with van der Waals surface area (Å²) >= 11 is 0. The van der Waals surface area contributed by atoms with E-state index in [0.29, 0.717) is 19.3 Å². The van der Waals surface area contributed by atoms with Crippen LogP contribution in [-0.2, 0) is 28.6 Å². The monoisotopic (exact) mass is 927 g/mol. The summed E-state index contributed by atoms with van der Waals surface area (Å²) in [5.41, 5.74) is 0. The van der Waals surface area contributed by atoms with Crippen molar-refractivity contribution in [1.82, 2.24) is 0 Å². The quantitative estimate of drug-likeness (QED) is 0.0199. The second kappa shape index (κ2) is 54.4. The van der Waals surface area contributed by atoms with Gasteiger partial charge in [-0.05, 0) is 109 Å². The highest BCUT2D eigenvalue weighted by Crippen LogP contribution is 2.13.